The Morgan fingerprint density at radius 3 is 2.34 bits per heavy atom. The van der Waals surface area contributed by atoms with Gasteiger partial charge >= 0.3 is 0 Å². The Hall–Kier alpha value is -2.19. The van der Waals surface area contributed by atoms with E-state index in [0.717, 1.165) is 11.1 Å². The molecular weight excluding hydrogens is 410 g/mol. The molecule has 152 valence electrons. The van der Waals surface area contributed by atoms with Gasteiger partial charge in [0.25, 0.3) is 0 Å². The van der Waals surface area contributed by atoms with E-state index in [-0.39, 0.29) is 5.75 Å². The topological polar surface area (TPSA) is 66.7 Å². The standard InChI is InChI=1S/C21H22ClN3O3S/c22-19-8-6-18(7-9-19)20-14-23-21(28-20)15-24-10-12-25(13-11-24)29(26,27)16-17-4-2-1-3-5-17/h1-9,14H,10-13,15-16H2. The lowest BCUT2D eigenvalue weighted by Gasteiger charge is -2.33. The second kappa shape index (κ2) is 8.67. The Morgan fingerprint density at radius 2 is 1.66 bits per heavy atom. The fraction of sp³-hybridized carbons (Fsp3) is 0.286. The van der Waals surface area contributed by atoms with Crippen molar-refractivity contribution >= 4 is 21.6 Å². The number of hydrogen-bond donors (Lipinski definition) is 0. The minimum absolute atomic E-state index is 0.0397. The smallest absolute Gasteiger partial charge is 0.218 e. The molecule has 2 heterocycles. The summed E-state index contributed by atoms with van der Waals surface area (Å²) in [5.74, 6) is 1.36. The van der Waals surface area contributed by atoms with Gasteiger partial charge in [0.05, 0.1) is 18.5 Å². The van der Waals surface area contributed by atoms with E-state index in [9.17, 15) is 8.42 Å². The molecule has 4 rings (SSSR count). The molecule has 0 unspecified atom stereocenters. The monoisotopic (exact) mass is 431 g/mol. The molecule has 0 N–H and O–H groups in total. The number of rotatable bonds is 6. The van der Waals surface area contributed by atoms with E-state index < -0.39 is 10.0 Å². The summed E-state index contributed by atoms with van der Waals surface area (Å²) in [4.78, 5) is 6.52. The molecule has 1 saturated heterocycles. The molecule has 1 fully saturated rings. The van der Waals surface area contributed by atoms with Crippen molar-refractivity contribution in [3.05, 3.63) is 77.3 Å². The summed E-state index contributed by atoms with van der Waals surface area (Å²) in [7, 11) is -3.31. The maximum absolute atomic E-state index is 12.7. The van der Waals surface area contributed by atoms with Crippen LogP contribution in [0.5, 0.6) is 0 Å². The van der Waals surface area contributed by atoms with E-state index in [4.69, 9.17) is 16.0 Å². The van der Waals surface area contributed by atoms with Gasteiger partial charge in [0, 0.05) is 36.8 Å². The zero-order valence-electron chi connectivity index (χ0n) is 15.9. The fourth-order valence-corrected chi connectivity index (χ4v) is 5.01. The van der Waals surface area contributed by atoms with E-state index in [1.165, 1.54) is 0 Å². The molecule has 6 nitrogen and oxygen atoms in total. The lowest BCUT2D eigenvalue weighted by atomic mass is 10.2. The SMILES string of the molecule is O=S(=O)(Cc1ccccc1)N1CCN(Cc2ncc(-c3ccc(Cl)cc3)o2)CC1. The summed E-state index contributed by atoms with van der Waals surface area (Å²) in [6.45, 7) is 2.79. The molecule has 1 aromatic heterocycles. The first-order valence-electron chi connectivity index (χ1n) is 9.44. The third-order valence-corrected chi connectivity index (χ3v) is 7.06. The first kappa shape index (κ1) is 20.1. The fourth-order valence-electron chi connectivity index (χ4n) is 3.36. The third kappa shape index (κ3) is 5.05. The number of halogens is 1. The molecule has 1 aliphatic heterocycles. The van der Waals surface area contributed by atoms with E-state index >= 15 is 0 Å². The number of aromatic nitrogens is 1. The van der Waals surface area contributed by atoms with E-state index in [1.807, 2.05) is 54.6 Å². The van der Waals surface area contributed by atoms with Crippen LogP contribution in [0.4, 0.5) is 0 Å². The van der Waals surface area contributed by atoms with Crippen LogP contribution in [0.15, 0.2) is 65.2 Å². The van der Waals surface area contributed by atoms with Gasteiger partial charge in [-0.3, -0.25) is 4.90 Å². The molecule has 29 heavy (non-hydrogen) atoms. The Labute approximate surface area is 175 Å². The lowest BCUT2D eigenvalue weighted by Crippen LogP contribution is -2.48. The molecule has 0 saturated carbocycles. The first-order chi connectivity index (χ1) is 14.0. The number of benzene rings is 2. The van der Waals surface area contributed by atoms with Crippen molar-refractivity contribution in [1.29, 1.82) is 0 Å². The summed E-state index contributed by atoms with van der Waals surface area (Å²) >= 11 is 5.92. The van der Waals surface area contributed by atoms with Gasteiger partial charge in [-0.15, -0.1) is 0 Å². The molecule has 0 spiro atoms. The van der Waals surface area contributed by atoms with E-state index in [0.29, 0.717) is 49.4 Å². The van der Waals surface area contributed by atoms with Crippen LogP contribution in [0.3, 0.4) is 0 Å². The highest BCUT2D eigenvalue weighted by atomic mass is 35.5. The van der Waals surface area contributed by atoms with Gasteiger partial charge < -0.3 is 4.42 Å². The Morgan fingerprint density at radius 1 is 0.966 bits per heavy atom. The molecule has 0 bridgehead atoms. The predicted molar refractivity (Wildman–Crippen MR) is 113 cm³/mol. The molecule has 2 aromatic carbocycles. The summed E-state index contributed by atoms with van der Waals surface area (Å²) in [5.41, 5.74) is 1.73. The average Bonchev–Trinajstić information content (AvgIpc) is 3.18. The van der Waals surface area contributed by atoms with Gasteiger partial charge in [-0.25, -0.2) is 13.4 Å². The van der Waals surface area contributed by atoms with Gasteiger partial charge in [-0.05, 0) is 29.8 Å². The Kier molecular flexibility index (Phi) is 6.01. The maximum atomic E-state index is 12.7. The number of sulfonamides is 1. The summed E-state index contributed by atoms with van der Waals surface area (Å²) in [5, 5.41) is 0.675. The quantitative estimate of drug-likeness (QED) is 0.596. The van der Waals surface area contributed by atoms with Gasteiger partial charge in [0.1, 0.15) is 0 Å². The highest BCUT2D eigenvalue weighted by molar-refractivity contribution is 7.88. The highest BCUT2D eigenvalue weighted by Crippen LogP contribution is 2.23. The lowest BCUT2D eigenvalue weighted by molar-refractivity contribution is 0.168. The van der Waals surface area contributed by atoms with E-state index in [2.05, 4.69) is 9.88 Å². The number of nitrogens with zero attached hydrogens (tertiary/aromatic N) is 3. The van der Waals surface area contributed by atoms with Crippen LogP contribution in [0.1, 0.15) is 11.5 Å². The maximum Gasteiger partial charge on any atom is 0.218 e. The van der Waals surface area contributed by atoms with Crippen molar-refractivity contribution in [3.8, 4) is 11.3 Å². The molecule has 8 heteroatoms. The largest absolute Gasteiger partial charge is 0.439 e. The van der Waals surface area contributed by atoms with Crippen LogP contribution in [-0.2, 0) is 22.3 Å². The molecule has 0 atom stereocenters. The average molecular weight is 432 g/mol. The van der Waals surface area contributed by atoms with Crippen molar-refractivity contribution in [3.63, 3.8) is 0 Å². The summed E-state index contributed by atoms with van der Waals surface area (Å²) in [6, 6.07) is 16.7. The normalized spacial score (nSPS) is 16.2. The van der Waals surface area contributed by atoms with Crippen LogP contribution >= 0.6 is 11.6 Å². The minimum atomic E-state index is -3.31. The number of oxazole rings is 1. The minimum Gasteiger partial charge on any atom is -0.439 e. The second-order valence-electron chi connectivity index (χ2n) is 7.04. The highest BCUT2D eigenvalue weighted by Gasteiger charge is 2.27. The van der Waals surface area contributed by atoms with Crippen molar-refractivity contribution in [2.24, 2.45) is 0 Å². The zero-order chi connectivity index (χ0) is 20.3. The van der Waals surface area contributed by atoms with Crippen molar-refractivity contribution in [2.75, 3.05) is 26.2 Å². The Balaban J connectivity index is 1.33. The molecule has 1 aliphatic rings. The molecule has 0 aliphatic carbocycles. The molecule has 0 amide bonds. The Bertz CT molecular complexity index is 1040. The van der Waals surface area contributed by atoms with Gasteiger partial charge in [-0.2, -0.15) is 4.31 Å². The first-order valence-corrected chi connectivity index (χ1v) is 11.4. The second-order valence-corrected chi connectivity index (χ2v) is 9.45. The van der Waals surface area contributed by atoms with Crippen molar-refractivity contribution in [1.82, 2.24) is 14.2 Å². The molecular formula is C21H22ClN3O3S. The van der Waals surface area contributed by atoms with Gasteiger partial charge in [-0.1, -0.05) is 41.9 Å². The van der Waals surface area contributed by atoms with Crippen LogP contribution < -0.4 is 0 Å². The summed E-state index contributed by atoms with van der Waals surface area (Å²) in [6.07, 6.45) is 1.71. The molecule has 0 radical (unpaired) electrons. The predicted octanol–water partition coefficient (Wildman–Crippen LogP) is 3.64. The van der Waals surface area contributed by atoms with Crippen LogP contribution in [-0.4, -0.2) is 48.8 Å². The van der Waals surface area contributed by atoms with E-state index in [1.54, 1.807) is 10.5 Å². The summed E-state index contributed by atoms with van der Waals surface area (Å²) < 4.78 is 32.8. The number of hydrogen-bond acceptors (Lipinski definition) is 5. The van der Waals surface area contributed by atoms with Gasteiger partial charge in [0.15, 0.2) is 5.76 Å². The van der Waals surface area contributed by atoms with Crippen molar-refractivity contribution < 1.29 is 12.8 Å². The van der Waals surface area contributed by atoms with Crippen LogP contribution in [0, 0.1) is 0 Å². The zero-order valence-corrected chi connectivity index (χ0v) is 17.4. The van der Waals surface area contributed by atoms with Crippen LogP contribution in [0.2, 0.25) is 5.02 Å². The van der Waals surface area contributed by atoms with Crippen LogP contribution in [0.25, 0.3) is 11.3 Å². The number of piperazine rings is 1. The van der Waals surface area contributed by atoms with Crippen molar-refractivity contribution in [2.45, 2.75) is 12.3 Å². The third-order valence-electron chi connectivity index (χ3n) is 4.96. The van der Waals surface area contributed by atoms with Gasteiger partial charge in [0.2, 0.25) is 15.9 Å². The molecule has 3 aromatic rings.